The van der Waals surface area contributed by atoms with E-state index < -0.39 is 11.9 Å². The number of aryl methyl sites for hydroxylation is 1. The van der Waals surface area contributed by atoms with Gasteiger partial charge in [-0.25, -0.2) is 4.79 Å². The van der Waals surface area contributed by atoms with E-state index in [-0.39, 0.29) is 12.6 Å². The van der Waals surface area contributed by atoms with Gasteiger partial charge in [0.2, 0.25) is 0 Å². The van der Waals surface area contributed by atoms with Crippen molar-refractivity contribution in [2.75, 3.05) is 25.0 Å². The first-order valence-electron chi connectivity index (χ1n) is 7.03. The van der Waals surface area contributed by atoms with Crippen molar-refractivity contribution in [1.29, 1.82) is 0 Å². The molecule has 6 nitrogen and oxygen atoms in total. The SMILES string of the molecule is CCOc1cc(C)ccc1NC(=O)N1CCC(C(=O)O)C1. The molecule has 1 saturated heterocycles. The van der Waals surface area contributed by atoms with Crippen LogP contribution in [0.5, 0.6) is 5.75 Å². The Bertz CT molecular complexity index is 544. The van der Waals surface area contributed by atoms with Gasteiger partial charge in [-0.3, -0.25) is 4.79 Å². The van der Waals surface area contributed by atoms with Crippen LogP contribution < -0.4 is 10.1 Å². The standard InChI is InChI=1S/C15H20N2O4/c1-3-21-13-8-10(2)4-5-12(13)16-15(20)17-7-6-11(9-17)14(18)19/h4-5,8,11H,3,6-7,9H2,1-2H3,(H,16,20)(H,18,19). The molecule has 2 N–H and O–H groups in total. The second kappa shape index (κ2) is 6.47. The molecular weight excluding hydrogens is 272 g/mol. The fraction of sp³-hybridized carbons (Fsp3) is 0.467. The summed E-state index contributed by atoms with van der Waals surface area (Å²) in [7, 11) is 0. The third-order valence-corrected chi connectivity index (χ3v) is 3.50. The highest BCUT2D eigenvalue weighted by atomic mass is 16.5. The molecule has 0 aliphatic carbocycles. The largest absolute Gasteiger partial charge is 0.492 e. The van der Waals surface area contributed by atoms with Crippen LogP contribution in [0.1, 0.15) is 18.9 Å². The topological polar surface area (TPSA) is 78.9 Å². The highest BCUT2D eigenvalue weighted by molar-refractivity contribution is 5.91. The van der Waals surface area contributed by atoms with E-state index in [1.165, 1.54) is 4.90 Å². The number of nitrogens with zero attached hydrogens (tertiary/aromatic N) is 1. The van der Waals surface area contributed by atoms with Gasteiger partial charge in [-0.2, -0.15) is 0 Å². The second-order valence-corrected chi connectivity index (χ2v) is 5.13. The first kappa shape index (κ1) is 15.2. The Labute approximate surface area is 123 Å². The molecule has 1 unspecified atom stereocenters. The van der Waals surface area contributed by atoms with Crippen molar-refractivity contribution in [3.8, 4) is 5.75 Å². The molecule has 1 aliphatic heterocycles. The lowest BCUT2D eigenvalue weighted by atomic mass is 10.1. The lowest BCUT2D eigenvalue weighted by molar-refractivity contribution is -0.141. The van der Waals surface area contributed by atoms with E-state index in [1.807, 2.05) is 26.0 Å². The van der Waals surface area contributed by atoms with Gasteiger partial charge >= 0.3 is 12.0 Å². The highest BCUT2D eigenvalue weighted by Crippen LogP contribution is 2.27. The van der Waals surface area contributed by atoms with E-state index >= 15 is 0 Å². The van der Waals surface area contributed by atoms with Crippen LogP contribution in [0.25, 0.3) is 0 Å². The van der Waals surface area contributed by atoms with Gasteiger partial charge in [-0.1, -0.05) is 6.07 Å². The number of carbonyl (C=O) groups is 2. The van der Waals surface area contributed by atoms with Gasteiger partial charge in [0, 0.05) is 13.1 Å². The van der Waals surface area contributed by atoms with Crippen LogP contribution in [0.3, 0.4) is 0 Å². The summed E-state index contributed by atoms with van der Waals surface area (Å²) in [5.74, 6) is -0.699. The number of amides is 2. The molecule has 1 aromatic carbocycles. The maximum Gasteiger partial charge on any atom is 0.321 e. The van der Waals surface area contributed by atoms with E-state index in [1.54, 1.807) is 6.07 Å². The normalized spacial score (nSPS) is 17.6. The number of ether oxygens (including phenoxy) is 1. The van der Waals surface area contributed by atoms with Crippen LogP contribution in [0, 0.1) is 12.8 Å². The molecule has 1 aromatic rings. The minimum atomic E-state index is -0.851. The number of aliphatic carboxylic acids is 1. The smallest absolute Gasteiger partial charge is 0.321 e. The molecular formula is C15H20N2O4. The van der Waals surface area contributed by atoms with Crippen molar-refractivity contribution in [2.45, 2.75) is 20.3 Å². The fourth-order valence-electron chi connectivity index (χ4n) is 2.35. The van der Waals surface area contributed by atoms with Gasteiger partial charge < -0.3 is 20.1 Å². The van der Waals surface area contributed by atoms with Crippen LogP contribution in [-0.4, -0.2) is 41.7 Å². The van der Waals surface area contributed by atoms with Crippen molar-refractivity contribution >= 4 is 17.7 Å². The molecule has 0 spiro atoms. The molecule has 1 heterocycles. The quantitative estimate of drug-likeness (QED) is 0.892. The van der Waals surface area contributed by atoms with Crippen LogP contribution in [0.2, 0.25) is 0 Å². The molecule has 1 fully saturated rings. The van der Waals surface area contributed by atoms with Crippen molar-refractivity contribution in [2.24, 2.45) is 5.92 Å². The van der Waals surface area contributed by atoms with E-state index in [2.05, 4.69) is 5.32 Å². The Morgan fingerprint density at radius 2 is 2.24 bits per heavy atom. The number of hydrogen-bond donors (Lipinski definition) is 2. The number of urea groups is 1. The molecule has 2 rings (SSSR count). The lowest BCUT2D eigenvalue weighted by Crippen LogP contribution is -2.33. The van der Waals surface area contributed by atoms with Gasteiger partial charge in [0.15, 0.2) is 0 Å². The Morgan fingerprint density at radius 1 is 1.48 bits per heavy atom. The molecule has 0 bridgehead atoms. The zero-order chi connectivity index (χ0) is 15.4. The molecule has 2 amide bonds. The predicted molar refractivity (Wildman–Crippen MR) is 78.7 cm³/mol. The fourth-order valence-corrected chi connectivity index (χ4v) is 2.35. The summed E-state index contributed by atoms with van der Waals surface area (Å²) < 4.78 is 5.51. The third-order valence-electron chi connectivity index (χ3n) is 3.50. The molecule has 6 heteroatoms. The maximum atomic E-state index is 12.2. The van der Waals surface area contributed by atoms with Crippen molar-refractivity contribution in [1.82, 2.24) is 4.90 Å². The molecule has 1 aliphatic rings. The molecule has 21 heavy (non-hydrogen) atoms. The summed E-state index contributed by atoms with van der Waals surface area (Å²) in [6, 6.07) is 5.26. The number of carbonyl (C=O) groups excluding carboxylic acids is 1. The lowest BCUT2D eigenvalue weighted by Gasteiger charge is -2.18. The number of hydrogen-bond acceptors (Lipinski definition) is 3. The van der Waals surface area contributed by atoms with Crippen molar-refractivity contribution in [3.63, 3.8) is 0 Å². The van der Waals surface area contributed by atoms with Gasteiger partial charge in [-0.15, -0.1) is 0 Å². The molecule has 1 atom stereocenters. The Kier molecular flexibility index (Phi) is 4.67. The van der Waals surface area contributed by atoms with Gasteiger partial charge in [0.1, 0.15) is 5.75 Å². The van der Waals surface area contributed by atoms with Crippen LogP contribution in [0.15, 0.2) is 18.2 Å². The maximum absolute atomic E-state index is 12.2. The zero-order valence-corrected chi connectivity index (χ0v) is 12.3. The summed E-state index contributed by atoms with van der Waals surface area (Å²) in [6.45, 7) is 5.05. The van der Waals surface area contributed by atoms with E-state index in [0.717, 1.165) is 5.56 Å². The Balaban J connectivity index is 2.05. The third kappa shape index (κ3) is 3.65. The summed E-state index contributed by atoms with van der Waals surface area (Å²) in [6.07, 6.45) is 0.495. The summed E-state index contributed by atoms with van der Waals surface area (Å²) in [4.78, 5) is 24.6. The molecule has 0 radical (unpaired) electrons. The van der Waals surface area contributed by atoms with Crippen molar-refractivity contribution < 1.29 is 19.4 Å². The number of benzene rings is 1. The van der Waals surface area contributed by atoms with E-state index in [0.29, 0.717) is 31.0 Å². The first-order valence-corrected chi connectivity index (χ1v) is 7.03. The number of carboxylic acid groups (broad SMARTS) is 1. The first-order chi connectivity index (χ1) is 10.0. The van der Waals surface area contributed by atoms with Gasteiger partial charge in [-0.05, 0) is 38.0 Å². The minimum absolute atomic E-state index is 0.247. The number of nitrogens with one attached hydrogen (secondary N) is 1. The van der Waals surface area contributed by atoms with Crippen molar-refractivity contribution in [3.05, 3.63) is 23.8 Å². The summed E-state index contributed by atoms with van der Waals surface area (Å²) in [5.41, 5.74) is 1.65. The van der Waals surface area contributed by atoms with Gasteiger partial charge in [0.25, 0.3) is 0 Å². The monoisotopic (exact) mass is 292 g/mol. The van der Waals surface area contributed by atoms with Crippen LogP contribution in [0.4, 0.5) is 10.5 Å². The average Bonchev–Trinajstić information content (AvgIpc) is 2.92. The highest BCUT2D eigenvalue weighted by Gasteiger charge is 2.31. The number of rotatable bonds is 4. The second-order valence-electron chi connectivity index (χ2n) is 5.13. The number of carboxylic acids is 1. The molecule has 0 aromatic heterocycles. The Morgan fingerprint density at radius 3 is 2.86 bits per heavy atom. The van der Waals surface area contributed by atoms with E-state index in [9.17, 15) is 9.59 Å². The van der Waals surface area contributed by atoms with Crippen LogP contribution in [-0.2, 0) is 4.79 Å². The number of likely N-dealkylation sites (tertiary alicyclic amines) is 1. The minimum Gasteiger partial charge on any atom is -0.492 e. The predicted octanol–water partition coefficient (Wildman–Crippen LogP) is 2.33. The number of anilines is 1. The Hall–Kier alpha value is -2.24. The molecule has 0 saturated carbocycles. The molecule has 114 valence electrons. The summed E-state index contributed by atoms with van der Waals surface area (Å²) in [5, 5.41) is 11.8. The van der Waals surface area contributed by atoms with Gasteiger partial charge in [0.05, 0.1) is 18.2 Å². The van der Waals surface area contributed by atoms with Crippen LogP contribution >= 0.6 is 0 Å². The summed E-state index contributed by atoms with van der Waals surface area (Å²) >= 11 is 0. The average molecular weight is 292 g/mol. The van der Waals surface area contributed by atoms with E-state index in [4.69, 9.17) is 9.84 Å². The zero-order valence-electron chi connectivity index (χ0n) is 12.3.